The van der Waals surface area contributed by atoms with Crippen LogP contribution in [0.4, 0.5) is 5.82 Å². The number of anilines is 1. The molecule has 1 atom stereocenters. The number of thioether (sulfide) groups is 1. The first-order chi connectivity index (χ1) is 16.5. The maximum atomic E-state index is 13.5. The Morgan fingerprint density at radius 1 is 1.24 bits per heavy atom. The number of nitrogens with zero attached hydrogens (tertiary/aromatic N) is 3. The highest BCUT2D eigenvalue weighted by atomic mass is 32.2. The van der Waals surface area contributed by atoms with Crippen molar-refractivity contribution in [2.45, 2.75) is 32.4 Å². The molecule has 0 unspecified atom stereocenters. The zero-order chi connectivity index (χ0) is 23.7. The average Bonchev–Trinajstić information content (AvgIpc) is 3.45. The summed E-state index contributed by atoms with van der Waals surface area (Å²) < 4.78 is 7.71. The average molecular weight is 493 g/mol. The van der Waals surface area contributed by atoms with Crippen molar-refractivity contribution < 1.29 is 9.53 Å². The lowest BCUT2D eigenvalue weighted by Crippen LogP contribution is -2.27. The van der Waals surface area contributed by atoms with Gasteiger partial charge in [-0.1, -0.05) is 60.4 Å². The Morgan fingerprint density at radius 2 is 2.06 bits per heavy atom. The van der Waals surface area contributed by atoms with Crippen LogP contribution in [0.15, 0.2) is 58.4 Å². The molecule has 0 saturated carbocycles. The number of carbonyl (C=O) groups is 1. The van der Waals surface area contributed by atoms with Gasteiger partial charge >= 0.3 is 0 Å². The summed E-state index contributed by atoms with van der Waals surface area (Å²) in [6.45, 7) is 3.60. The number of thiocarbonyl (C=S) groups is 1. The van der Waals surface area contributed by atoms with E-state index in [1.807, 2.05) is 49.4 Å². The number of pyridine rings is 1. The number of aryl methyl sites for hydroxylation is 1. The third-order valence-electron chi connectivity index (χ3n) is 5.94. The number of hydrogen-bond donors (Lipinski definition) is 1. The lowest BCUT2D eigenvalue weighted by molar-refractivity contribution is -0.122. The number of carbonyl (C=O) groups excluding carboxylic acids is 1. The molecule has 0 radical (unpaired) electrons. The van der Waals surface area contributed by atoms with E-state index < -0.39 is 0 Å². The van der Waals surface area contributed by atoms with Crippen LogP contribution in [0.3, 0.4) is 0 Å². The van der Waals surface area contributed by atoms with Gasteiger partial charge in [-0.15, -0.1) is 0 Å². The van der Waals surface area contributed by atoms with Crippen LogP contribution < -0.4 is 10.9 Å². The first-order valence-electron chi connectivity index (χ1n) is 11.2. The van der Waals surface area contributed by atoms with E-state index in [0.717, 1.165) is 30.6 Å². The largest absolute Gasteiger partial charge is 0.376 e. The summed E-state index contributed by atoms with van der Waals surface area (Å²) in [6, 6.07) is 13.4. The van der Waals surface area contributed by atoms with Gasteiger partial charge in [0.05, 0.1) is 23.1 Å². The van der Waals surface area contributed by atoms with Gasteiger partial charge in [0, 0.05) is 19.3 Å². The van der Waals surface area contributed by atoms with Crippen LogP contribution >= 0.6 is 24.0 Å². The third kappa shape index (κ3) is 4.51. The van der Waals surface area contributed by atoms with Crippen molar-refractivity contribution in [3.05, 3.63) is 80.6 Å². The molecule has 0 aliphatic carbocycles. The normalized spacial score (nSPS) is 19.5. The zero-order valence-electron chi connectivity index (χ0n) is 18.7. The van der Waals surface area contributed by atoms with E-state index in [4.69, 9.17) is 21.9 Å². The fourth-order valence-corrected chi connectivity index (χ4v) is 5.36. The summed E-state index contributed by atoms with van der Waals surface area (Å²) in [5, 5.41) is 3.31. The van der Waals surface area contributed by atoms with Crippen molar-refractivity contribution in [2.24, 2.45) is 0 Å². The molecule has 1 N–H and O–H groups in total. The Hall–Kier alpha value is -3.01. The second-order valence-corrected chi connectivity index (χ2v) is 10.0. The van der Waals surface area contributed by atoms with Crippen molar-refractivity contribution in [1.82, 2.24) is 14.3 Å². The van der Waals surface area contributed by atoms with Gasteiger partial charge in [-0.3, -0.25) is 18.9 Å². The molecule has 174 valence electrons. The van der Waals surface area contributed by atoms with Gasteiger partial charge in [0.1, 0.15) is 15.8 Å². The summed E-state index contributed by atoms with van der Waals surface area (Å²) in [6.07, 6.45) is 5.38. The minimum Gasteiger partial charge on any atom is -0.376 e. The van der Waals surface area contributed by atoms with E-state index in [2.05, 4.69) is 5.32 Å². The molecule has 0 spiro atoms. The number of ether oxygens (including phenoxy) is 1. The second kappa shape index (κ2) is 9.69. The first-order valence-corrected chi connectivity index (χ1v) is 12.4. The van der Waals surface area contributed by atoms with Gasteiger partial charge in [0.2, 0.25) is 0 Å². The van der Waals surface area contributed by atoms with Gasteiger partial charge < -0.3 is 10.1 Å². The van der Waals surface area contributed by atoms with Crippen molar-refractivity contribution >= 4 is 51.7 Å². The van der Waals surface area contributed by atoms with Crippen LogP contribution in [0.25, 0.3) is 11.7 Å². The number of aromatic nitrogens is 2. The Morgan fingerprint density at radius 3 is 2.82 bits per heavy atom. The minimum absolute atomic E-state index is 0.0778. The van der Waals surface area contributed by atoms with E-state index in [1.165, 1.54) is 16.2 Å². The summed E-state index contributed by atoms with van der Waals surface area (Å²) in [5.41, 5.74) is 2.55. The van der Waals surface area contributed by atoms with Crippen molar-refractivity contribution in [3.63, 3.8) is 0 Å². The molecule has 34 heavy (non-hydrogen) atoms. The standard InChI is InChI=1S/C25H24N4O3S2/c1-16-7-5-11-28-22(16)27-21(26-14-18-10-6-12-32-18)19(23(28)30)13-20-24(31)29(25(33)34-20)15-17-8-3-2-4-9-17/h2-5,7-9,11,13,18,26H,6,10,12,14-15H2,1H3/b20-13+/t18-/m1/s1. The Kier molecular flexibility index (Phi) is 6.49. The van der Waals surface area contributed by atoms with Crippen LogP contribution in [0.1, 0.15) is 29.5 Å². The molecule has 7 nitrogen and oxygen atoms in total. The Balaban J connectivity index is 1.52. The van der Waals surface area contributed by atoms with Crippen LogP contribution in [-0.4, -0.2) is 43.8 Å². The minimum atomic E-state index is -0.239. The molecular formula is C25H24N4O3S2. The molecule has 2 fully saturated rings. The molecule has 1 amide bonds. The van der Waals surface area contributed by atoms with Crippen LogP contribution in [0.2, 0.25) is 0 Å². The molecular weight excluding hydrogens is 468 g/mol. The van der Waals surface area contributed by atoms with E-state index in [1.54, 1.807) is 17.2 Å². The predicted octanol–water partition coefficient (Wildman–Crippen LogP) is 4.00. The van der Waals surface area contributed by atoms with Crippen LogP contribution in [0, 0.1) is 6.92 Å². The lowest BCUT2D eigenvalue weighted by Gasteiger charge is -2.15. The SMILES string of the molecule is Cc1cccn2c(=O)c(/C=C3/SC(=S)N(Cc4ccccc4)C3=O)c(NC[C@H]3CCCO3)nc12. The molecule has 1 aromatic carbocycles. The second-order valence-electron chi connectivity index (χ2n) is 8.33. The van der Waals surface area contributed by atoms with Crippen LogP contribution in [0.5, 0.6) is 0 Å². The monoisotopic (exact) mass is 492 g/mol. The van der Waals surface area contributed by atoms with Gasteiger partial charge in [-0.05, 0) is 43.0 Å². The molecule has 3 aromatic rings. The van der Waals surface area contributed by atoms with E-state index in [0.29, 0.717) is 39.3 Å². The van der Waals surface area contributed by atoms with Gasteiger partial charge in [0.15, 0.2) is 0 Å². The molecule has 4 heterocycles. The third-order valence-corrected chi connectivity index (χ3v) is 7.32. The molecule has 5 rings (SSSR count). The fourth-order valence-electron chi connectivity index (χ4n) is 4.13. The topological polar surface area (TPSA) is 75.9 Å². The molecule has 0 bridgehead atoms. The van der Waals surface area contributed by atoms with E-state index in [-0.39, 0.29) is 17.6 Å². The van der Waals surface area contributed by atoms with Gasteiger partial charge in [-0.2, -0.15) is 0 Å². The summed E-state index contributed by atoms with van der Waals surface area (Å²) in [4.78, 5) is 33.4. The number of nitrogens with one attached hydrogen (secondary N) is 1. The first kappa shape index (κ1) is 22.8. The Bertz CT molecular complexity index is 1350. The quantitative estimate of drug-likeness (QED) is 0.412. The summed E-state index contributed by atoms with van der Waals surface area (Å²) in [5.74, 6) is 0.237. The molecule has 2 aliphatic heterocycles. The number of rotatable bonds is 6. The highest BCUT2D eigenvalue weighted by Gasteiger charge is 2.32. The van der Waals surface area contributed by atoms with Crippen molar-refractivity contribution in [2.75, 3.05) is 18.5 Å². The molecule has 9 heteroatoms. The number of hydrogen-bond acceptors (Lipinski definition) is 7. The molecule has 2 aliphatic rings. The maximum Gasteiger partial charge on any atom is 0.267 e. The summed E-state index contributed by atoms with van der Waals surface area (Å²) in [7, 11) is 0. The number of benzene rings is 1. The van der Waals surface area contributed by atoms with Gasteiger partial charge in [0.25, 0.3) is 11.5 Å². The number of amides is 1. The van der Waals surface area contributed by atoms with E-state index in [9.17, 15) is 9.59 Å². The Labute approximate surface area is 206 Å². The fraction of sp³-hybridized carbons (Fsp3) is 0.280. The highest BCUT2D eigenvalue weighted by Crippen LogP contribution is 2.34. The maximum absolute atomic E-state index is 13.5. The van der Waals surface area contributed by atoms with Gasteiger partial charge in [-0.25, -0.2) is 4.98 Å². The highest BCUT2D eigenvalue weighted by molar-refractivity contribution is 8.26. The van der Waals surface area contributed by atoms with Crippen LogP contribution in [-0.2, 0) is 16.1 Å². The number of fused-ring (bicyclic) bond motifs is 1. The zero-order valence-corrected chi connectivity index (χ0v) is 20.3. The lowest BCUT2D eigenvalue weighted by atomic mass is 10.2. The molecule has 2 saturated heterocycles. The van der Waals surface area contributed by atoms with Crippen molar-refractivity contribution in [3.8, 4) is 0 Å². The smallest absolute Gasteiger partial charge is 0.267 e. The summed E-state index contributed by atoms with van der Waals surface area (Å²) >= 11 is 6.70. The molecule has 2 aromatic heterocycles. The predicted molar refractivity (Wildman–Crippen MR) is 139 cm³/mol. The van der Waals surface area contributed by atoms with Crippen molar-refractivity contribution in [1.29, 1.82) is 0 Å². The van der Waals surface area contributed by atoms with E-state index >= 15 is 0 Å².